The number of oxime groups is 1. The van der Waals surface area contributed by atoms with E-state index >= 15 is 0 Å². The van der Waals surface area contributed by atoms with Crippen LogP contribution in [0.2, 0.25) is 0 Å². The van der Waals surface area contributed by atoms with Gasteiger partial charge in [0.05, 0.1) is 12.1 Å². The lowest BCUT2D eigenvalue weighted by Crippen LogP contribution is -2.31. The van der Waals surface area contributed by atoms with Gasteiger partial charge in [-0.3, -0.25) is 4.79 Å². The van der Waals surface area contributed by atoms with Crippen LogP contribution in [0.5, 0.6) is 0 Å². The Morgan fingerprint density at radius 2 is 2.19 bits per heavy atom. The molecule has 0 aromatic heterocycles. The van der Waals surface area contributed by atoms with Crippen molar-refractivity contribution < 1.29 is 14.4 Å². The smallest absolute Gasteiger partial charge is 0.234 e. The fourth-order valence-corrected chi connectivity index (χ4v) is 1.17. The molecule has 0 spiro atoms. The molecular formula is C10H12FN3O2. The maximum atomic E-state index is 13.3. The van der Waals surface area contributed by atoms with Gasteiger partial charge >= 0.3 is 0 Å². The largest absolute Gasteiger partial charge is 0.409 e. The van der Waals surface area contributed by atoms with E-state index in [0.29, 0.717) is 0 Å². The molecule has 3 N–H and O–H groups in total. The van der Waals surface area contributed by atoms with E-state index in [2.05, 4.69) is 5.16 Å². The lowest BCUT2D eigenvalue weighted by atomic mass is 10.2. The van der Waals surface area contributed by atoms with E-state index in [0.717, 1.165) is 4.90 Å². The number of nitrogens with zero attached hydrogens (tertiary/aromatic N) is 2. The normalized spacial score (nSPS) is 11.2. The summed E-state index contributed by atoms with van der Waals surface area (Å²) in [6.45, 7) is 0. The Hall–Kier alpha value is -2.11. The maximum Gasteiger partial charge on any atom is 0.234 e. The van der Waals surface area contributed by atoms with E-state index in [9.17, 15) is 9.18 Å². The van der Waals surface area contributed by atoms with Crippen LogP contribution in [0.3, 0.4) is 0 Å². The standard InChI is InChI=1S/C10H12FN3O2/c1-14(10(15)6-9(12)13-16)8-5-3-2-4-7(8)11/h2-5,16H,6H2,1H3,(H2,12,13). The molecule has 0 heterocycles. The number of halogens is 1. The molecule has 1 rings (SSSR count). The molecule has 0 fully saturated rings. The van der Waals surface area contributed by atoms with Gasteiger partial charge in [-0.15, -0.1) is 0 Å². The first-order chi connectivity index (χ1) is 7.56. The molecule has 16 heavy (non-hydrogen) atoms. The van der Waals surface area contributed by atoms with E-state index in [1.165, 1.54) is 25.2 Å². The van der Waals surface area contributed by atoms with Crippen molar-refractivity contribution in [1.29, 1.82) is 0 Å². The Bertz CT molecular complexity index is 420. The molecule has 0 aliphatic heterocycles. The summed E-state index contributed by atoms with van der Waals surface area (Å²) in [4.78, 5) is 12.7. The minimum atomic E-state index is -0.502. The number of hydrogen-bond donors (Lipinski definition) is 2. The Kier molecular flexibility index (Phi) is 3.82. The first-order valence-corrected chi connectivity index (χ1v) is 4.53. The minimum absolute atomic E-state index is 0.151. The molecule has 0 unspecified atom stereocenters. The summed E-state index contributed by atoms with van der Waals surface area (Å²) in [5.41, 5.74) is 5.34. The van der Waals surface area contributed by atoms with E-state index in [-0.39, 0.29) is 17.9 Å². The molecule has 0 radical (unpaired) electrons. The number of amides is 1. The van der Waals surface area contributed by atoms with Crippen LogP contribution >= 0.6 is 0 Å². The number of anilines is 1. The van der Waals surface area contributed by atoms with Gasteiger partial charge in [-0.05, 0) is 12.1 Å². The Labute approximate surface area is 92.0 Å². The predicted molar refractivity (Wildman–Crippen MR) is 57.8 cm³/mol. The van der Waals surface area contributed by atoms with Gasteiger partial charge in [0, 0.05) is 7.05 Å². The van der Waals surface area contributed by atoms with E-state index in [1.54, 1.807) is 6.07 Å². The fraction of sp³-hybridized carbons (Fsp3) is 0.200. The monoisotopic (exact) mass is 225 g/mol. The molecule has 1 aromatic carbocycles. The molecule has 5 nitrogen and oxygen atoms in total. The number of nitrogens with two attached hydrogens (primary N) is 1. The van der Waals surface area contributed by atoms with Crippen molar-refractivity contribution in [2.45, 2.75) is 6.42 Å². The molecule has 0 aliphatic rings. The number of amidine groups is 1. The number of carbonyl (C=O) groups excluding carboxylic acids is 1. The van der Waals surface area contributed by atoms with Crippen LogP contribution in [0, 0.1) is 5.82 Å². The third kappa shape index (κ3) is 2.69. The highest BCUT2D eigenvalue weighted by Crippen LogP contribution is 2.17. The zero-order valence-electron chi connectivity index (χ0n) is 8.72. The van der Waals surface area contributed by atoms with Gasteiger partial charge in [0.25, 0.3) is 0 Å². The van der Waals surface area contributed by atoms with Gasteiger partial charge < -0.3 is 15.8 Å². The second-order valence-corrected chi connectivity index (χ2v) is 3.17. The first-order valence-electron chi connectivity index (χ1n) is 4.53. The second kappa shape index (κ2) is 5.11. The number of rotatable bonds is 3. The van der Waals surface area contributed by atoms with Crippen molar-refractivity contribution in [2.75, 3.05) is 11.9 Å². The summed E-state index contributed by atoms with van der Waals surface area (Å²) in [6, 6.07) is 5.87. The quantitative estimate of drug-likeness (QED) is 0.347. The zero-order chi connectivity index (χ0) is 12.1. The SMILES string of the molecule is CN(C(=O)CC(N)=NO)c1ccccc1F. The van der Waals surface area contributed by atoms with Gasteiger partial charge in [-0.2, -0.15) is 0 Å². The van der Waals surface area contributed by atoms with Crippen molar-refractivity contribution in [3.8, 4) is 0 Å². The number of benzene rings is 1. The summed E-state index contributed by atoms with van der Waals surface area (Å²) in [7, 11) is 1.42. The molecule has 0 atom stereocenters. The topological polar surface area (TPSA) is 78.9 Å². The van der Waals surface area contributed by atoms with Crippen LogP contribution in [0.1, 0.15) is 6.42 Å². The van der Waals surface area contributed by atoms with Crippen molar-refractivity contribution in [1.82, 2.24) is 0 Å². The highest BCUT2D eigenvalue weighted by molar-refractivity contribution is 6.05. The van der Waals surface area contributed by atoms with Crippen molar-refractivity contribution in [3.63, 3.8) is 0 Å². The van der Waals surface area contributed by atoms with Crippen molar-refractivity contribution >= 4 is 17.4 Å². The first kappa shape index (κ1) is 12.0. The van der Waals surface area contributed by atoms with Crippen LogP contribution in [0.25, 0.3) is 0 Å². The summed E-state index contributed by atoms with van der Waals surface area (Å²) < 4.78 is 13.3. The number of carbonyl (C=O) groups is 1. The predicted octanol–water partition coefficient (Wildman–Crippen LogP) is 0.925. The highest BCUT2D eigenvalue weighted by Gasteiger charge is 2.15. The van der Waals surface area contributed by atoms with Crippen LogP contribution in [-0.2, 0) is 4.79 Å². The van der Waals surface area contributed by atoms with Crippen molar-refractivity contribution in [2.24, 2.45) is 10.9 Å². The lowest BCUT2D eigenvalue weighted by Gasteiger charge is -2.17. The molecule has 0 bridgehead atoms. The molecule has 86 valence electrons. The summed E-state index contributed by atoms with van der Waals surface area (Å²) >= 11 is 0. The summed E-state index contributed by atoms with van der Waals surface area (Å²) in [6.07, 6.45) is -0.263. The average Bonchev–Trinajstić information content (AvgIpc) is 2.28. The van der Waals surface area contributed by atoms with E-state index < -0.39 is 11.7 Å². The Morgan fingerprint density at radius 1 is 1.56 bits per heavy atom. The number of para-hydroxylation sites is 1. The lowest BCUT2D eigenvalue weighted by molar-refractivity contribution is -0.117. The van der Waals surface area contributed by atoms with Crippen LogP contribution in [0.15, 0.2) is 29.4 Å². The van der Waals surface area contributed by atoms with Gasteiger partial charge in [0.15, 0.2) is 0 Å². The third-order valence-electron chi connectivity index (χ3n) is 2.05. The van der Waals surface area contributed by atoms with Crippen LogP contribution in [0.4, 0.5) is 10.1 Å². The average molecular weight is 225 g/mol. The van der Waals surface area contributed by atoms with Gasteiger partial charge in [-0.25, -0.2) is 4.39 Å². The highest BCUT2D eigenvalue weighted by atomic mass is 19.1. The molecule has 1 amide bonds. The van der Waals surface area contributed by atoms with Gasteiger partial charge in [0.1, 0.15) is 11.7 Å². The van der Waals surface area contributed by atoms with E-state index in [4.69, 9.17) is 10.9 Å². The summed E-state index contributed by atoms with van der Waals surface area (Å²) in [5.74, 6) is -1.17. The summed E-state index contributed by atoms with van der Waals surface area (Å²) in [5, 5.41) is 11.0. The van der Waals surface area contributed by atoms with Crippen molar-refractivity contribution in [3.05, 3.63) is 30.1 Å². The van der Waals surface area contributed by atoms with Crippen LogP contribution in [-0.4, -0.2) is 24.0 Å². The number of hydrogen-bond acceptors (Lipinski definition) is 3. The minimum Gasteiger partial charge on any atom is -0.409 e. The van der Waals surface area contributed by atoms with Gasteiger partial charge in [-0.1, -0.05) is 17.3 Å². The third-order valence-corrected chi connectivity index (χ3v) is 2.05. The molecule has 0 aliphatic carbocycles. The molecule has 0 saturated carbocycles. The molecule has 1 aromatic rings. The van der Waals surface area contributed by atoms with Crippen LogP contribution < -0.4 is 10.6 Å². The van der Waals surface area contributed by atoms with Gasteiger partial charge in [0.2, 0.25) is 5.91 Å². The molecule has 6 heteroatoms. The molecular weight excluding hydrogens is 213 g/mol. The Morgan fingerprint density at radius 3 is 2.75 bits per heavy atom. The second-order valence-electron chi connectivity index (χ2n) is 3.17. The van der Waals surface area contributed by atoms with E-state index in [1.807, 2.05) is 0 Å². The Balaban J connectivity index is 2.83. The fourth-order valence-electron chi connectivity index (χ4n) is 1.17. The maximum absolute atomic E-state index is 13.3. The molecule has 0 saturated heterocycles. The zero-order valence-corrected chi connectivity index (χ0v) is 8.72.